The van der Waals surface area contributed by atoms with Gasteiger partial charge in [-0.2, -0.15) is 10.1 Å². The average Bonchev–Trinajstić information content (AvgIpc) is 3.17. The molecule has 0 aliphatic rings. The maximum atomic E-state index is 6.10. The maximum Gasteiger partial charge on any atom is 0.224 e. The second-order valence-electron chi connectivity index (χ2n) is 6.38. The summed E-state index contributed by atoms with van der Waals surface area (Å²) in [5.74, 6) is 1.40. The van der Waals surface area contributed by atoms with Crippen molar-refractivity contribution in [2.24, 2.45) is 0 Å². The Morgan fingerprint density at radius 1 is 1.04 bits per heavy atom. The lowest BCUT2D eigenvalue weighted by atomic mass is 10.1. The molecule has 0 aliphatic carbocycles. The van der Waals surface area contributed by atoms with Crippen LogP contribution in [0.25, 0.3) is 22.0 Å². The van der Waals surface area contributed by atoms with Crippen molar-refractivity contribution in [1.82, 2.24) is 20.2 Å². The molecule has 0 unspecified atom stereocenters. The molecule has 4 aromatic rings. The SMILES string of the molecule is CC(C)Oc1ccc2nc(Cl)nc(Nc3ccc(-c4cn[nH]c4)cc3)c2c1. The number of hydrogen-bond acceptors (Lipinski definition) is 5. The van der Waals surface area contributed by atoms with Crippen molar-refractivity contribution in [2.45, 2.75) is 20.0 Å². The molecule has 0 fully saturated rings. The number of nitrogens with zero attached hydrogens (tertiary/aromatic N) is 3. The van der Waals surface area contributed by atoms with Crippen LogP contribution < -0.4 is 10.1 Å². The van der Waals surface area contributed by atoms with E-state index in [9.17, 15) is 0 Å². The Morgan fingerprint density at radius 3 is 2.56 bits per heavy atom. The number of aromatic amines is 1. The van der Waals surface area contributed by atoms with E-state index in [2.05, 4.69) is 25.5 Å². The van der Waals surface area contributed by atoms with Crippen LogP contribution >= 0.6 is 11.6 Å². The van der Waals surface area contributed by atoms with E-state index >= 15 is 0 Å². The molecule has 0 saturated heterocycles. The fraction of sp³-hybridized carbons (Fsp3) is 0.150. The summed E-state index contributed by atoms with van der Waals surface area (Å²) in [6.45, 7) is 3.98. The van der Waals surface area contributed by atoms with Crippen LogP contribution in [0.4, 0.5) is 11.5 Å². The Hall–Kier alpha value is -3.12. The fourth-order valence-electron chi connectivity index (χ4n) is 2.81. The number of H-pyrrole nitrogens is 1. The third-order valence-electron chi connectivity index (χ3n) is 3.99. The summed E-state index contributed by atoms with van der Waals surface area (Å²) < 4.78 is 5.79. The molecule has 6 nitrogen and oxygen atoms in total. The van der Waals surface area contributed by atoms with Crippen molar-refractivity contribution in [1.29, 1.82) is 0 Å². The third kappa shape index (κ3) is 3.85. The number of halogens is 1. The van der Waals surface area contributed by atoms with Crippen LogP contribution in [0.2, 0.25) is 5.28 Å². The molecule has 0 bridgehead atoms. The smallest absolute Gasteiger partial charge is 0.224 e. The molecule has 4 rings (SSSR count). The largest absolute Gasteiger partial charge is 0.491 e. The minimum absolute atomic E-state index is 0.0857. The van der Waals surface area contributed by atoms with Gasteiger partial charge in [-0.3, -0.25) is 5.10 Å². The summed E-state index contributed by atoms with van der Waals surface area (Å²) in [4.78, 5) is 8.66. The predicted octanol–water partition coefficient (Wildman–Crippen LogP) is 5.20. The molecule has 2 aromatic carbocycles. The summed E-state index contributed by atoms with van der Waals surface area (Å²) in [6.07, 6.45) is 3.73. The van der Waals surface area contributed by atoms with Gasteiger partial charge in [0.2, 0.25) is 5.28 Å². The molecule has 2 aromatic heterocycles. The number of rotatable bonds is 5. The molecule has 2 heterocycles. The molecule has 0 radical (unpaired) electrons. The molecule has 136 valence electrons. The second kappa shape index (κ2) is 7.25. The van der Waals surface area contributed by atoms with Crippen LogP contribution in [0.3, 0.4) is 0 Å². The molecule has 0 amide bonds. The number of fused-ring (bicyclic) bond motifs is 1. The lowest BCUT2D eigenvalue weighted by Crippen LogP contribution is -2.05. The molecule has 0 saturated carbocycles. The molecule has 2 N–H and O–H groups in total. The van der Waals surface area contributed by atoms with Crippen LogP contribution in [-0.2, 0) is 0 Å². The minimum atomic E-state index is 0.0857. The molecule has 27 heavy (non-hydrogen) atoms. The van der Waals surface area contributed by atoms with Gasteiger partial charge in [-0.1, -0.05) is 12.1 Å². The fourth-order valence-corrected chi connectivity index (χ4v) is 2.99. The van der Waals surface area contributed by atoms with Crippen molar-refractivity contribution < 1.29 is 4.74 Å². The first-order valence-electron chi connectivity index (χ1n) is 8.59. The van der Waals surface area contributed by atoms with Gasteiger partial charge in [0.1, 0.15) is 11.6 Å². The van der Waals surface area contributed by atoms with Crippen LogP contribution in [0.5, 0.6) is 5.75 Å². The molecule has 0 spiro atoms. The Morgan fingerprint density at radius 2 is 1.85 bits per heavy atom. The first kappa shape index (κ1) is 17.3. The lowest BCUT2D eigenvalue weighted by Gasteiger charge is -2.13. The summed E-state index contributed by atoms with van der Waals surface area (Å²) >= 11 is 6.10. The van der Waals surface area contributed by atoms with Crippen LogP contribution in [0, 0.1) is 0 Å². The van der Waals surface area contributed by atoms with Crippen molar-refractivity contribution in [3.05, 3.63) is 60.1 Å². The number of aromatic nitrogens is 4. The van der Waals surface area contributed by atoms with Gasteiger partial charge in [0.05, 0.1) is 17.8 Å². The Balaban J connectivity index is 1.67. The number of nitrogens with one attached hydrogen (secondary N) is 2. The highest BCUT2D eigenvalue weighted by Crippen LogP contribution is 2.29. The van der Waals surface area contributed by atoms with Crippen LogP contribution in [0.15, 0.2) is 54.9 Å². The first-order chi connectivity index (χ1) is 13.1. The van der Waals surface area contributed by atoms with Gasteiger partial charge in [0.25, 0.3) is 0 Å². The Bertz CT molecular complexity index is 1060. The van der Waals surface area contributed by atoms with Gasteiger partial charge in [-0.25, -0.2) is 4.98 Å². The summed E-state index contributed by atoms with van der Waals surface area (Å²) in [5, 5.41) is 11.2. The Labute approximate surface area is 161 Å². The van der Waals surface area contributed by atoms with E-state index in [1.54, 1.807) is 6.20 Å². The van der Waals surface area contributed by atoms with Crippen LogP contribution in [-0.4, -0.2) is 26.3 Å². The van der Waals surface area contributed by atoms with E-state index in [0.717, 1.165) is 33.5 Å². The number of benzene rings is 2. The van der Waals surface area contributed by atoms with E-state index in [1.165, 1.54) is 0 Å². The van der Waals surface area contributed by atoms with E-state index < -0.39 is 0 Å². The molecule has 7 heteroatoms. The van der Waals surface area contributed by atoms with Gasteiger partial charge >= 0.3 is 0 Å². The van der Waals surface area contributed by atoms with Crippen molar-refractivity contribution >= 4 is 34.0 Å². The van der Waals surface area contributed by atoms with Crippen molar-refractivity contribution in [2.75, 3.05) is 5.32 Å². The highest BCUT2D eigenvalue weighted by Gasteiger charge is 2.10. The van der Waals surface area contributed by atoms with Crippen molar-refractivity contribution in [3.8, 4) is 16.9 Å². The minimum Gasteiger partial charge on any atom is -0.491 e. The van der Waals surface area contributed by atoms with Crippen LogP contribution in [0.1, 0.15) is 13.8 Å². The number of hydrogen-bond donors (Lipinski definition) is 2. The van der Waals surface area contributed by atoms with Gasteiger partial charge in [-0.15, -0.1) is 0 Å². The summed E-state index contributed by atoms with van der Waals surface area (Å²) in [6, 6.07) is 13.7. The molecular formula is C20H18ClN5O. The average molecular weight is 380 g/mol. The summed E-state index contributed by atoms with van der Waals surface area (Å²) in [5.41, 5.74) is 3.76. The number of ether oxygens (including phenoxy) is 1. The predicted molar refractivity (Wildman–Crippen MR) is 108 cm³/mol. The zero-order chi connectivity index (χ0) is 18.8. The van der Waals surface area contributed by atoms with Gasteiger partial charge in [0, 0.05) is 22.8 Å². The van der Waals surface area contributed by atoms with E-state index in [-0.39, 0.29) is 11.4 Å². The normalized spacial score (nSPS) is 11.1. The van der Waals surface area contributed by atoms with E-state index in [4.69, 9.17) is 16.3 Å². The maximum absolute atomic E-state index is 6.10. The molecular weight excluding hydrogens is 362 g/mol. The molecule has 0 atom stereocenters. The first-order valence-corrected chi connectivity index (χ1v) is 8.96. The molecule has 0 aliphatic heterocycles. The second-order valence-corrected chi connectivity index (χ2v) is 6.71. The monoisotopic (exact) mass is 379 g/mol. The van der Waals surface area contributed by atoms with Gasteiger partial charge in [-0.05, 0) is 61.3 Å². The highest BCUT2D eigenvalue weighted by atomic mass is 35.5. The zero-order valence-electron chi connectivity index (χ0n) is 14.9. The standard InChI is InChI=1S/C20H18ClN5O/c1-12(2)27-16-7-8-18-17(9-16)19(26-20(21)25-18)24-15-5-3-13(4-6-15)14-10-22-23-11-14/h3-12H,1-2H3,(H,22,23)(H,24,25,26). The summed E-state index contributed by atoms with van der Waals surface area (Å²) in [7, 11) is 0. The topological polar surface area (TPSA) is 75.7 Å². The lowest BCUT2D eigenvalue weighted by molar-refractivity contribution is 0.243. The Kier molecular flexibility index (Phi) is 4.64. The van der Waals surface area contributed by atoms with Crippen molar-refractivity contribution in [3.63, 3.8) is 0 Å². The third-order valence-corrected chi connectivity index (χ3v) is 4.16. The number of anilines is 2. The quantitative estimate of drug-likeness (QED) is 0.466. The van der Waals surface area contributed by atoms with Gasteiger partial charge in [0.15, 0.2) is 0 Å². The van der Waals surface area contributed by atoms with E-state index in [0.29, 0.717) is 5.82 Å². The highest BCUT2D eigenvalue weighted by molar-refractivity contribution is 6.28. The van der Waals surface area contributed by atoms with Gasteiger partial charge < -0.3 is 10.1 Å². The zero-order valence-corrected chi connectivity index (χ0v) is 15.7. The van der Waals surface area contributed by atoms with E-state index in [1.807, 2.05) is 62.5 Å².